The van der Waals surface area contributed by atoms with Gasteiger partial charge in [0.2, 0.25) is 0 Å². The van der Waals surface area contributed by atoms with Gasteiger partial charge in [0.1, 0.15) is 13.8 Å². The standard InChI is InChI=1S/C14H18OSi/c1-15-14-10-8-13(9-11-14)7-5-6-12-16(2,3)4/h5,7-11H,1-4H3/b7-5-. The molecular formula is C14H18OSi. The Kier molecular flexibility index (Phi) is 4.39. The van der Waals surface area contributed by atoms with Gasteiger partial charge in [-0.2, -0.15) is 0 Å². The molecule has 0 spiro atoms. The van der Waals surface area contributed by atoms with Crippen LogP contribution in [0.1, 0.15) is 5.56 Å². The fraction of sp³-hybridized carbons (Fsp3) is 0.286. The summed E-state index contributed by atoms with van der Waals surface area (Å²) in [7, 11) is 0.428. The molecule has 1 aromatic carbocycles. The second-order valence-electron chi connectivity index (χ2n) is 4.63. The molecule has 0 amide bonds. The second-order valence-corrected chi connectivity index (χ2v) is 9.38. The first-order chi connectivity index (χ1) is 7.51. The van der Waals surface area contributed by atoms with Crippen LogP contribution in [0.3, 0.4) is 0 Å². The van der Waals surface area contributed by atoms with Crippen molar-refractivity contribution < 1.29 is 4.74 Å². The van der Waals surface area contributed by atoms with Crippen LogP contribution in [0.4, 0.5) is 0 Å². The highest BCUT2D eigenvalue weighted by molar-refractivity contribution is 6.83. The molecule has 0 bridgehead atoms. The zero-order chi connectivity index (χ0) is 12.0. The van der Waals surface area contributed by atoms with Gasteiger partial charge in [-0.3, -0.25) is 0 Å². The smallest absolute Gasteiger partial charge is 0.129 e. The van der Waals surface area contributed by atoms with E-state index in [1.165, 1.54) is 0 Å². The van der Waals surface area contributed by atoms with Gasteiger partial charge in [-0.05, 0) is 29.8 Å². The van der Waals surface area contributed by atoms with E-state index in [-0.39, 0.29) is 0 Å². The van der Waals surface area contributed by atoms with Gasteiger partial charge in [0, 0.05) is 0 Å². The van der Waals surface area contributed by atoms with E-state index in [1.54, 1.807) is 7.11 Å². The summed E-state index contributed by atoms with van der Waals surface area (Å²) < 4.78 is 5.09. The lowest BCUT2D eigenvalue weighted by Crippen LogP contribution is -2.16. The van der Waals surface area contributed by atoms with Crippen LogP contribution in [0.25, 0.3) is 6.08 Å². The van der Waals surface area contributed by atoms with E-state index >= 15 is 0 Å². The summed E-state index contributed by atoms with van der Waals surface area (Å²) in [5, 5.41) is 0. The molecule has 0 radical (unpaired) electrons. The summed E-state index contributed by atoms with van der Waals surface area (Å²) in [6, 6.07) is 7.94. The molecule has 16 heavy (non-hydrogen) atoms. The summed E-state index contributed by atoms with van der Waals surface area (Å²) in [4.78, 5) is 0. The second kappa shape index (κ2) is 5.57. The van der Waals surface area contributed by atoms with Crippen LogP contribution in [-0.2, 0) is 0 Å². The Hall–Kier alpha value is -1.46. The molecule has 0 atom stereocenters. The van der Waals surface area contributed by atoms with Crippen molar-refractivity contribution in [3.63, 3.8) is 0 Å². The predicted molar refractivity (Wildman–Crippen MR) is 73.2 cm³/mol. The van der Waals surface area contributed by atoms with Gasteiger partial charge in [0.25, 0.3) is 0 Å². The maximum absolute atomic E-state index is 5.09. The van der Waals surface area contributed by atoms with E-state index in [9.17, 15) is 0 Å². The molecule has 0 aliphatic heterocycles. The number of hydrogen-bond donors (Lipinski definition) is 0. The number of methoxy groups -OCH3 is 1. The van der Waals surface area contributed by atoms with Crippen molar-refractivity contribution in [3.8, 4) is 17.2 Å². The summed E-state index contributed by atoms with van der Waals surface area (Å²) in [5.41, 5.74) is 4.44. The van der Waals surface area contributed by atoms with Gasteiger partial charge in [0.15, 0.2) is 0 Å². The fourth-order valence-electron chi connectivity index (χ4n) is 1.11. The fourth-order valence-corrected chi connectivity index (χ4v) is 1.63. The van der Waals surface area contributed by atoms with E-state index in [4.69, 9.17) is 4.74 Å². The number of allylic oxidation sites excluding steroid dienone is 1. The molecule has 0 aliphatic carbocycles. The Labute approximate surface area is 99.2 Å². The number of rotatable bonds is 2. The summed E-state index contributed by atoms with van der Waals surface area (Å²) in [6.07, 6.45) is 3.94. The number of ether oxygens (including phenoxy) is 1. The minimum absolute atomic E-state index is 0.880. The van der Waals surface area contributed by atoms with Gasteiger partial charge in [-0.15, -0.1) is 5.54 Å². The van der Waals surface area contributed by atoms with Crippen molar-refractivity contribution in [3.05, 3.63) is 35.9 Å². The maximum Gasteiger partial charge on any atom is 0.129 e. The van der Waals surface area contributed by atoms with Crippen LogP contribution in [-0.4, -0.2) is 15.2 Å². The Morgan fingerprint density at radius 1 is 1.12 bits per heavy atom. The molecule has 1 nitrogen and oxygen atoms in total. The molecule has 2 heteroatoms. The van der Waals surface area contributed by atoms with E-state index in [2.05, 4.69) is 31.1 Å². The highest BCUT2D eigenvalue weighted by Gasteiger charge is 2.06. The quantitative estimate of drug-likeness (QED) is 0.557. The van der Waals surface area contributed by atoms with Crippen LogP contribution in [0.2, 0.25) is 19.6 Å². The Morgan fingerprint density at radius 2 is 1.75 bits per heavy atom. The van der Waals surface area contributed by atoms with E-state index in [1.807, 2.05) is 36.4 Å². The van der Waals surface area contributed by atoms with Crippen molar-refractivity contribution in [1.82, 2.24) is 0 Å². The highest BCUT2D eigenvalue weighted by atomic mass is 28.3. The average molecular weight is 230 g/mol. The normalized spacial score (nSPS) is 11.0. The molecule has 1 rings (SSSR count). The monoisotopic (exact) mass is 230 g/mol. The van der Waals surface area contributed by atoms with Gasteiger partial charge in [-0.1, -0.05) is 37.7 Å². The summed E-state index contributed by atoms with van der Waals surface area (Å²) >= 11 is 0. The number of hydrogen-bond acceptors (Lipinski definition) is 1. The van der Waals surface area contributed by atoms with Crippen molar-refractivity contribution in [2.45, 2.75) is 19.6 Å². The molecule has 0 unspecified atom stereocenters. The lowest BCUT2D eigenvalue weighted by atomic mass is 10.2. The van der Waals surface area contributed by atoms with E-state index in [0.29, 0.717) is 0 Å². The molecular weight excluding hydrogens is 212 g/mol. The average Bonchev–Trinajstić information content (AvgIpc) is 2.24. The third-order valence-electron chi connectivity index (χ3n) is 1.92. The molecule has 0 saturated carbocycles. The topological polar surface area (TPSA) is 9.23 Å². The van der Waals surface area contributed by atoms with Crippen molar-refractivity contribution in [1.29, 1.82) is 0 Å². The van der Waals surface area contributed by atoms with E-state index < -0.39 is 8.07 Å². The Bertz CT molecular complexity index is 413. The summed E-state index contributed by atoms with van der Waals surface area (Å²) in [6.45, 7) is 6.71. The van der Waals surface area contributed by atoms with Crippen molar-refractivity contribution >= 4 is 14.1 Å². The Balaban J connectivity index is 2.65. The van der Waals surface area contributed by atoms with Crippen LogP contribution >= 0.6 is 0 Å². The molecule has 0 fully saturated rings. The Morgan fingerprint density at radius 3 is 2.25 bits per heavy atom. The first-order valence-electron chi connectivity index (χ1n) is 5.34. The molecule has 84 valence electrons. The predicted octanol–water partition coefficient (Wildman–Crippen LogP) is 3.59. The van der Waals surface area contributed by atoms with Crippen molar-refractivity contribution in [2.75, 3.05) is 7.11 Å². The molecule has 0 saturated heterocycles. The highest BCUT2D eigenvalue weighted by Crippen LogP contribution is 2.11. The zero-order valence-electron chi connectivity index (χ0n) is 10.4. The largest absolute Gasteiger partial charge is 0.497 e. The third-order valence-corrected chi connectivity index (χ3v) is 2.82. The molecule has 0 aromatic heterocycles. The summed E-state index contributed by atoms with van der Waals surface area (Å²) in [5.74, 6) is 3.98. The molecule has 1 aromatic rings. The SMILES string of the molecule is COc1ccc(/C=C\C#C[Si](C)(C)C)cc1. The molecule has 0 aliphatic rings. The third kappa shape index (κ3) is 4.86. The molecule has 0 N–H and O–H groups in total. The number of benzene rings is 1. The lowest BCUT2D eigenvalue weighted by molar-refractivity contribution is 0.415. The van der Waals surface area contributed by atoms with E-state index in [0.717, 1.165) is 11.3 Å². The maximum atomic E-state index is 5.09. The lowest BCUT2D eigenvalue weighted by Gasteiger charge is -2.02. The van der Waals surface area contributed by atoms with Crippen molar-refractivity contribution in [2.24, 2.45) is 0 Å². The van der Waals surface area contributed by atoms with Crippen LogP contribution in [0.5, 0.6) is 5.75 Å². The van der Waals surface area contributed by atoms with Crippen LogP contribution in [0.15, 0.2) is 30.3 Å². The van der Waals surface area contributed by atoms with Crippen LogP contribution in [0, 0.1) is 11.5 Å². The van der Waals surface area contributed by atoms with Gasteiger partial charge in [0.05, 0.1) is 7.11 Å². The van der Waals surface area contributed by atoms with Gasteiger partial charge < -0.3 is 4.74 Å². The molecule has 0 heterocycles. The first kappa shape index (κ1) is 12.6. The minimum Gasteiger partial charge on any atom is -0.497 e. The van der Waals surface area contributed by atoms with Gasteiger partial charge in [-0.25, -0.2) is 0 Å². The van der Waals surface area contributed by atoms with Crippen LogP contribution < -0.4 is 4.74 Å². The first-order valence-corrected chi connectivity index (χ1v) is 8.84. The minimum atomic E-state index is -1.24. The van der Waals surface area contributed by atoms with Gasteiger partial charge >= 0.3 is 0 Å². The zero-order valence-corrected chi connectivity index (χ0v) is 11.4.